The van der Waals surface area contributed by atoms with E-state index in [4.69, 9.17) is 0 Å². The maximum absolute atomic E-state index is 12.8. The van der Waals surface area contributed by atoms with Gasteiger partial charge in [-0.05, 0) is 36.6 Å². The van der Waals surface area contributed by atoms with Crippen molar-refractivity contribution in [3.8, 4) is 0 Å². The summed E-state index contributed by atoms with van der Waals surface area (Å²) in [5.74, 6) is -0.666. The average Bonchev–Trinajstić information content (AvgIpc) is 3.48. The van der Waals surface area contributed by atoms with Crippen molar-refractivity contribution < 1.29 is 14.4 Å². The van der Waals surface area contributed by atoms with Crippen LogP contribution in [-0.2, 0) is 11.3 Å². The Balaban J connectivity index is 1.42. The predicted molar refractivity (Wildman–Crippen MR) is 104 cm³/mol. The zero-order chi connectivity index (χ0) is 19.0. The molecule has 1 aliphatic heterocycles. The zero-order valence-electron chi connectivity index (χ0n) is 14.7. The smallest absolute Gasteiger partial charge is 0.261 e. The Kier molecular flexibility index (Phi) is 4.83. The molecule has 4 rings (SSSR count). The molecule has 1 fully saturated rings. The topological polar surface area (TPSA) is 57.7 Å². The van der Waals surface area contributed by atoms with Crippen LogP contribution in [0, 0.1) is 0 Å². The van der Waals surface area contributed by atoms with Crippen molar-refractivity contribution in [3.63, 3.8) is 0 Å². The number of hydrogen-bond acceptors (Lipinski definition) is 3. The van der Waals surface area contributed by atoms with Crippen LogP contribution in [0.5, 0.6) is 0 Å². The van der Waals surface area contributed by atoms with Gasteiger partial charge in [-0.15, -0.1) is 0 Å². The van der Waals surface area contributed by atoms with Gasteiger partial charge in [0.2, 0.25) is 5.91 Å². The molecule has 0 bridgehead atoms. The lowest BCUT2D eigenvalue weighted by Gasteiger charge is -2.24. The van der Waals surface area contributed by atoms with Crippen molar-refractivity contribution in [1.29, 1.82) is 0 Å². The Hall–Kier alpha value is -2.47. The molecule has 1 saturated carbocycles. The Morgan fingerprint density at radius 2 is 1.74 bits per heavy atom. The minimum absolute atomic E-state index is 0.0147. The zero-order valence-corrected chi connectivity index (χ0v) is 16.3. The predicted octanol–water partition coefficient (Wildman–Crippen LogP) is 3.63. The number of carbonyl (C=O) groups is 3. The summed E-state index contributed by atoms with van der Waals surface area (Å²) < 4.78 is 0.753. The number of rotatable bonds is 6. The van der Waals surface area contributed by atoms with Gasteiger partial charge >= 0.3 is 0 Å². The Morgan fingerprint density at radius 1 is 1.04 bits per heavy atom. The molecule has 0 unspecified atom stereocenters. The first-order valence-corrected chi connectivity index (χ1v) is 9.83. The maximum atomic E-state index is 12.8. The number of hydrogen-bond donors (Lipinski definition) is 0. The first-order valence-electron chi connectivity index (χ1n) is 9.04. The lowest BCUT2D eigenvalue weighted by molar-refractivity contribution is -0.132. The highest BCUT2D eigenvalue weighted by Gasteiger charge is 2.37. The minimum Gasteiger partial charge on any atom is -0.335 e. The highest BCUT2D eigenvalue weighted by Crippen LogP contribution is 2.30. The third kappa shape index (κ3) is 3.67. The normalized spacial score (nSPS) is 15.8. The lowest BCUT2D eigenvalue weighted by atomic mass is 10.1. The van der Waals surface area contributed by atoms with Gasteiger partial charge in [0.25, 0.3) is 11.8 Å². The standard InChI is InChI=1S/C21H19BrN2O3/c22-15-6-9-17-18(12-15)21(27)23(20(17)26)11-10-19(25)24(16-7-8-16)13-14-4-2-1-3-5-14/h1-6,9,12,16H,7-8,10-11,13H2. The molecule has 1 aliphatic carbocycles. The van der Waals surface area contributed by atoms with Crippen LogP contribution in [0.3, 0.4) is 0 Å². The van der Waals surface area contributed by atoms with E-state index in [1.54, 1.807) is 18.2 Å². The molecule has 5 nitrogen and oxygen atoms in total. The third-order valence-corrected chi connectivity index (χ3v) is 5.48. The van der Waals surface area contributed by atoms with Crippen molar-refractivity contribution in [3.05, 3.63) is 69.7 Å². The molecule has 2 aliphatic rings. The van der Waals surface area contributed by atoms with Gasteiger partial charge in [0.05, 0.1) is 11.1 Å². The number of halogens is 1. The van der Waals surface area contributed by atoms with Crippen molar-refractivity contribution in [1.82, 2.24) is 9.80 Å². The highest BCUT2D eigenvalue weighted by molar-refractivity contribution is 9.10. The maximum Gasteiger partial charge on any atom is 0.261 e. The van der Waals surface area contributed by atoms with E-state index >= 15 is 0 Å². The molecule has 0 radical (unpaired) electrons. The molecule has 0 N–H and O–H groups in total. The molecule has 2 aromatic rings. The molecule has 0 saturated heterocycles. The Bertz CT molecular complexity index is 909. The third-order valence-electron chi connectivity index (χ3n) is 4.99. The van der Waals surface area contributed by atoms with Crippen LogP contribution >= 0.6 is 15.9 Å². The van der Waals surface area contributed by atoms with Gasteiger partial charge in [-0.2, -0.15) is 0 Å². The van der Waals surface area contributed by atoms with Crippen molar-refractivity contribution >= 4 is 33.7 Å². The van der Waals surface area contributed by atoms with Crippen LogP contribution < -0.4 is 0 Å². The van der Waals surface area contributed by atoms with Crippen molar-refractivity contribution in [2.45, 2.75) is 31.8 Å². The molecule has 0 spiro atoms. The van der Waals surface area contributed by atoms with Crippen molar-refractivity contribution in [2.24, 2.45) is 0 Å². The molecule has 3 amide bonds. The van der Waals surface area contributed by atoms with E-state index in [0.717, 1.165) is 22.9 Å². The van der Waals surface area contributed by atoms with E-state index in [-0.39, 0.29) is 36.7 Å². The number of benzene rings is 2. The fourth-order valence-corrected chi connectivity index (χ4v) is 3.77. The fraction of sp³-hybridized carbons (Fsp3) is 0.286. The van der Waals surface area contributed by atoms with Crippen LogP contribution in [-0.4, -0.2) is 40.1 Å². The monoisotopic (exact) mass is 426 g/mol. The SMILES string of the molecule is O=C1c2ccc(Br)cc2C(=O)N1CCC(=O)N(Cc1ccccc1)C1CC1. The second-order valence-corrected chi connectivity index (χ2v) is 7.86. The molecule has 27 heavy (non-hydrogen) atoms. The number of amides is 3. The van der Waals surface area contributed by atoms with Crippen LogP contribution in [0.4, 0.5) is 0 Å². The highest BCUT2D eigenvalue weighted by atomic mass is 79.9. The Labute approximate surface area is 166 Å². The fourth-order valence-electron chi connectivity index (χ4n) is 3.40. The summed E-state index contributed by atoms with van der Waals surface area (Å²) in [6.07, 6.45) is 2.18. The Morgan fingerprint density at radius 3 is 2.44 bits per heavy atom. The summed E-state index contributed by atoms with van der Waals surface area (Å²) in [6, 6.07) is 15.2. The quantitative estimate of drug-likeness (QED) is 0.662. The van der Waals surface area contributed by atoms with Gasteiger partial charge in [-0.3, -0.25) is 19.3 Å². The van der Waals surface area contributed by atoms with E-state index in [0.29, 0.717) is 17.7 Å². The van der Waals surface area contributed by atoms with Gasteiger partial charge in [-0.1, -0.05) is 46.3 Å². The molecule has 6 heteroatoms. The van der Waals surface area contributed by atoms with E-state index < -0.39 is 0 Å². The summed E-state index contributed by atoms with van der Waals surface area (Å²) in [5.41, 5.74) is 1.88. The number of fused-ring (bicyclic) bond motifs is 1. The molecule has 0 atom stereocenters. The minimum atomic E-state index is -0.329. The summed E-state index contributed by atoms with van der Waals surface area (Å²) in [7, 11) is 0. The second-order valence-electron chi connectivity index (χ2n) is 6.94. The van der Waals surface area contributed by atoms with E-state index in [2.05, 4.69) is 15.9 Å². The van der Waals surface area contributed by atoms with Crippen LogP contribution in [0.15, 0.2) is 53.0 Å². The largest absolute Gasteiger partial charge is 0.335 e. The van der Waals surface area contributed by atoms with E-state index in [1.807, 2.05) is 35.2 Å². The molecule has 1 heterocycles. The first-order chi connectivity index (χ1) is 13.0. The molecule has 0 aromatic heterocycles. The molecule has 138 valence electrons. The summed E-state index contributed by atoms with van der Waals surface area (Å²) in [5, 5.41) is 0. The number of imide groups is 1. The average molecular weight is 427 g/mol. The lowest BCUT2D eigenvalue weighted by Crippen LogP contribution is -2.37. The summed E-state index contributed by atoms with van der Waals surface area (Å²) >= 11 is 3.33. The van der Waals surface area contributed by atoms with Gasteiger partial charge in [0.15, 0.2) is 0 Å². The molecule has 2 aromatic carbocycles. The van der Waals surface area contributed by atoms with E-state index in [9.17, 15) is 14.4 Å². The van der Waals surface area contributed by atoms with Crippen molar-refractivity contribution in [2.75, 3.05) is 6.54 Å². The molecular formula is C21H19BrN2O3. The summed E-state index contributed by atoms with van der Waals surface area (Å²) in [6.45, 7) is 0.681. The summed E-state index contributed by atoms with van der Waals surface area (Å²) in [4.78, 5) is 40.9. The number of nitrogens with zero attached hydrogens (tertiary/aromatic N) is 2. The van der Waals surface area contributed by atoms with E-state index in [1.165, 1.54) is 4.90 Å². The molecular weight excluding hydrogens is 408 g/mol. The van der Waals surface area contributed by atoms with Gasteiger partial charge in [0, 0.05) is 30.0 Å². The van der Waals surface area contributed by atoms with Crippen LogP contribution in [0.25, 0.3) is 0 Å². The second kappa shape index (κ2) is 7.27. The van der Waals surface area contributed by atoms with Crippen LogP contribution in [0.1, 0.15) is 45.5 Å². The van der Waals surface area contributed by atoms with Gasteiger partial charge < -0.3 is 4.90 Å². The number of carbonyl (C=O) groups excluding carboxylic acids is 3. The van der Waals surface area contributed by atoms with Crippen LogP contribution in [0.2, 0.25) is 0 Å². The van der Waals surface area contributed by atoms with Gasteiger partial charge in [-0.25, -0.2) is 0 Å². The van der Waals surface area contributed by atoms with Gasteiger partial charge in [0.1, 0.15) is 0 Å². The first kappa shape index (κ1) is 17.9.